The maximum atomic E-state index is 12.0. The first-order valence-electron chi connectivity index (χ1n) is 8.42. The highest BCUT2D eigenvalue weighted by Gasteiger charge is 2.31. The number of amides is 2. The van der Waals surface area contributed by atoms with E-state index in [1.165, 1.54) is 0 Å². The van der Waals surface area contributed by atoms with E-state index >= 15 is 0 Å². The lowest BCUT2D eigenvalue weighted by Crippen LogP contribution is -2.51. The molecule has 0 aromatic heterocycles. The van der Waals surface area contributed by atoms with E-state index in [1.807, 2.05) is 37.3 Å². The molecule has 1 unspecified atom stereocenters. The predicted octanol–water partition coefficient (Wildman–Crippen LogP) is 1.72. The summed E-state index contributed by atoms with van der Waals surface area (Å²) in [5.41, 5.74) is 0.811. The summed E-state index contributed by atoms with van der Waals surface area (Å²) in [6, 6.07) is 7.39. The minimum atomic E-state index is -1.82. The zero-order chi connectivity index (χ0) is 17.6. The lowest BCUT2D eigenvalue weighted by atomic mass is 10.1. The van der Waals surface area contributed by atoms with E-state index in [4.69, 9.17) is 6.11 Å². The van der Waals surface area contributed by atoms with Crippen LogP contribution in [0.4, 0.5) is 4.79 Å². The van der Waals surface area contributed by atoms with Crippen LogP contribution >= 0.6 is 0 Å². The van der Waals surface area contributed by atoms with Gasteiger partial charge in [-0.2, -0.15) is 0 Å². The highest BCUT2D eigenvalue weighted by atomic mass is 16.5. The van der Waals surface area contributed by atoms with E-state index in [-0.39, 0.29) is 19.1 Å². The van der Waals surface area contributed by atoms with Gasteiger partial charge in [0, 0.05) is 6.04 Å². The highest BCUT2D eigenvalue weighted by Crippen LogP contribution is 2.19. The molecule has 1 aromatic rings. The average molecular weight is 321 g/mol. The third kappa shape index (κ3) is 5.90. The molecule has 0 aliphatic heterocycles. The third-order valence-electron chi connectivity index (χ3n) is 3.50. The van der Waals surface area contributed by atoms with E-state index in [1.54, 1.807) is 0 Å². The molecule has 126 valence electrons. The van der Waals surface area contributed by atoms with Crippen molar-refractivity contribution in [2.75, 3.05) is 0 Å². The summed E-state index contributed by atoms with van der Waals surface area (Å²) in [5.74, 6) is -0.635. The molecule has 0 spiro atoms. The lowest BCUT2D eigenvalue weighted by molar-refractivity contribution is -0.130. The second-order valence-corrected chi connectivity index (χ2v) is 5.65. The first-order chi connectivity index (χ1) is 11.4. The number of aliphatic hydroxyl groups excluding tert-OH is 1. The first-order valence-corrected chi connectivity index (χ1v) is 7.92. The van der Waals surface area contributed by atoms with E-state index in [0.717, 1.165) is 18.4 Å². The summed E-state index contributed by atoms with van der Waals surface area (Å²) in [7, 11) is 0. The molecular formula is C17H24N2O4. The quantitative estimate of drug-likeness (QED) is 0.680. The standard InChI is InChI=1S/C17H24N2O4/c1-2-6-14(15(20)16(21)18-13-9-10-13)19-17(22)23-11-12-7-4-3-5-8-12/h3-5,7-8,13-15,20H,2,6,9-11H2,1H3,(H,18,21)(H,19,22)/t14-,15?/m0/s1/i14D. The summed E-state index contributed by atoms with van der Waals surface area (Å²) in [5, 5.41) is 15.2. The smallest absolute Gasteiger partial charge is 0.407 e. The molecule has 1 aliphatic rings. The Balaban J connectivity index is 1.92. The topological polar surface area (TPSA) is 87.7 Å². The van der Waals surface area contributed by atoms with Crippen molar-refractivity contribution in [1.82, 2.24) is 10.6 Å². The molecule has 6 nitrogen and oxygen atoms in total. The zero-order valence-electron chi connectivity index (χ0n) is 14.2. The average Bonchev–Trinajstić information content (AvgIpc) is 3.37. The van der Waals surface area contributed by atoms with Crippen LogP contribution in [0.15, 0.2) is 30.3 Å². The Morgan fingerprint density at radius 2 is 2.09 bits per heavy atom. The summed E-state index contributed by atoms with van der Waals surface area (Å²) >= 11 is 0. The fourth-order valence-corrected chi connectivity index (χ4v) is 2.09. The van der Waals surface area contributed by atoms with E-state index in [9.17, 15) is 14.7 Å². The number of rotatable bonds is 8. The number of alkyl carbamates (subject to hydrolysis) is 1. The van der Waals surface area contributed by atoms with Crippen LogP contribution in [-0.4, -0.2) is 35.3 Å². The fraction of sp³-hybridized carbons (Fsp3) is 0.529. The Labute approximate surface area is 137 Å². The van der Waals surface area contributed by atoms with Crippen LogP contribution in [0, 0.1) is 0 Å². The van der Waals surface area contributed by atoms with Crippen molar-refractivity contribution in [3.63, 3.8) is 0 Å². The summed E-state index contributed by atoms with van der Waals surface area (Å²) in [6.07, 6.45) is -0.0702. The van der Waals surface area contributed by atoms with Gasteiger partial charge in [0.05, 0.1) is 7.39 Å². The van der Waals surface area contributed by atoms with Crippen molar-refractivity contribution in [3.05, 3.63) is 35.9 Å². The molecule has 2 rings (SSSR count). The molecule has 1 aromatic carbocycles. The number of aliphatic hydroxyl groups is 1. The molecule has 6 heteroatoms. The van der Waals surface area contributed by atoms with Gasteiger partial charge in [0.2, 0.25) is 0 Å². The van der Waals surface area contributed by atoms with Crippen molar-refractivity contribution >= 4 is 12.0 Å². The summed E-state index contributed by atoms with van der Waals surface area (Å²) in [6.45, 7) is 1.87. The maximum absolute atomic E-state index is 12.0. The Bertz CT molecular complexity index is 565. The fourth-order valence-electron chi connectivity index (χ4n) is 2.09. The number of nitrogens with one attached hydrogen (secondary N) is 2. The van der Waals surface area contributed by atoms with Crippen LogP contribution in [0.25, 0.3) is 0 Å². The minimum Gasteiger partial charge on any atom is -0.445 e. The van der Waals surface area contributed by atoms with Gasteiger partial charge in [-0.25, -0.2) is 4.79 Å². The van der Waals surface area contributed by atoms with Crippen LogP contribution in [0.1, 0.15) is 39.5 Å². The van der Waals surface area contributed by atoms with Crippen LogP contribution < -0.4 is 10.6 Å². The number of hydrogen-bond donors (Lipinski definition) is 3. The second kappa shape index (κ2) is 8.53. The highest BCUT2D eigenvalue weighted by molar-refractivity contribution is 5.82. The Morgan fingerprint density at radius 1 is 1.39 bits per heavy atom. The van der Waals surface area contributed by atoms with Crippen LogP contribution in [-0.2, 0) is 16.1 Å². The Morgan fingerprint density at radius 3 is 2.70 bits per heavy atom. The van der Waals surface area contributed by atoms with Crippen molar-refractivity contribution < 1.29 is 20.8 Å². The van der Waals surface area contributed by atoms with E-state index in [2.05, 4.69) is 10.6 Å². The molecule has 1 aliphatic carbocycles. The van der Waals surface area contributed by atoms with Gasteiger partial charge in [0.25, 0.3) is 5.91 Å². The van der Waals surface area contributed by atoms with Crippen LogP contribution in [0.3, 0.4) is 0 Å². The third-order valence-corrected chi connectivity index (χ3v) is 3.50. The molecule has 0 bridgehead atoms. The second-order valence-electron chi connectivity index (χ2n) is 5.65. The number of ether oxygens (including phenoxy) is 1. The number of carbonyl (C=O) groups is 2. The Hall–Kier alpha value is -2.08. The molecule has 23 heavy (non-hydrogen) atoms. The molecule has 2 atom stereocenters. The van der Waals surface area contributed by atoms with Gasteiger partial charge in [-0.15, -0.1) is 0 Å². The van der Waals surface area contributed by atoms with Gasteiger partial charge < -0.3 is 20.5 Å². The maximum Gasteiger partial charge on any atom is 0.407 e. The zero-order valence-corrected chi connectivity index (χ0v) is 13.2. The van der Waals surface area contributed by atoms with Crippen molar-refractivity contribution in [1.29, 1.82) is 0 Å². The first kappa shape index (κ1) is 15.8. The number of hydrogen-bond acceptors (Lipinski definition) is 4. The molecule has 3 N–H and O–H groups in total. The summed E-state index contributed by atoms with van der Waals surface area (Å²) < 4.78 is 13.4. The van der Waals surface area contributed by atoms with Gasteiger partial charge in [0.15, 0.2) is 6.10 Å². The van der Waals surface area contributed by atoms with E-state index < -0.39 is 24.1 Å². The molecule has 0 heterocycles. The Kier molecular flexibility index (Phi) is 5.86. The molecule has 0 radical (unpaired) electrons. The largest absolute Gasteiger partial charge is 0.445 e. The van der Waals surface area contributed by atoms with Gasteiger partial charge >= 0.3 is 6.09 Å². The molecule has 0 saturated heterocycles. The van der Waals surface area contributed by atoms with Crippen molar-refractivity contribution in [3.8, 4) is 0 Å². The van der Waals surface area contributed by atoms with E-state index in [0.29, 0.717) is 6.42 Å². The van der Waals surface area contributed by atoms with Gasteiger partial charge in [-0.1, -0.05) is 43.7 Å². The number of benzene rings is 1. The van der Waals surface area contributed by atoms with Gasteiger partial charge in [-0.3, -0.25) is 4.79 Å². The number of carbonyl (C=O) groups excluding carboxylic acids is 2. The summed E-state index contributed by atoms with van der Waals surface area (Å²) in [4.78, 5) is 24.0. The van der Waals surface area contributed by atoms with Crippen molar-refractivity contribution in [2.24, 2.45) is 0 Å². The normalized spacial score (nSPS) is 18.3. The van der Waals surface area contributed by atoms with Crippen LogP contribution in [0.5, 0.6) is 0 Å². The van der Waals surface area contributed by atoms with Crippen LogP contribution in [0.2, 0.25) is 0 Å². The molecule has 1 saturated carbocycles. The predicted molar refractivity (Wildman–Crippen MR) is 85.6 cm³/mol. The lowest BCUT2D eigenvalue weighted by Gasteiger charge is -2.23. The molecule has 1 fully saturated rings. The van der Waals surface area contributed by atoms with Crippen molar-refractivity contribution in [2.45, 2.75) is 57.4 Å². The SMILES string of the molecule is [2H][C@@](CCC)(NC(=O)OCc1ccccc1)C(O)C(=O)NC1CC1. The van der Waals surface area contributed by atoms with Gasteiger partial charge in [0.1, 0.15) is 6.61 Å². The molecule has 2 amide bonds. The monoisotopic (exact) mass is 321 g/mol. The van der Waals surface area contributed by atoms with Gasteiger partial charge in [-0.05, 0) is 24.8 Å². The minimum absolute atomic E-state index is 0.0548. The molecular weight excluding hydrogens is 296 g/mol.